The Labute approximate surface area is 140 Å². The molecule has 1 heterocycles. The largest absolute Gasteiger partial charge is 0.426 e. The molecule has 0 unspecified atom stereocenters. The molecule has 0 aliphatic rings. The molecule has 0 spiro atoms. The molecule has 0 bridgehead atoms. The van der Waals surface area contributed by atoms with E-state index in [9.17, 15) is 4.79 Å². The Kier molecular flexibility index (Phi) is 4.37. The minimum absolute atomic E-state index is 0.211. The summed E-state index contributed by atoms with van der Waals surface area (Å²) in [5.41, 5.74) is 4.77. The zero-order valence-electron chi connectivity index (χ0n) is 13.9. The summed E-state index contributed by atoms with van der Waals surface area (Å²) >= 11 is 0. The second-order valence-corrected chi connectivity index (χ2v) is 5.73. The maximum atomic E-state index is 12.3. The molecule has 0 atom stereocenters. The van der Waals surface area contributed by atoms with Gasteiger partial charge in [-0.15, -0.1) is 5.10 Å². The van der Waals surface area contributed by atoms with Gasteiger partial charge in [-0.05, 0) is 65.6 Å². The zero-order chi connectivity index (χ0) is 17.1. The zero-order valence-corrected chi connectivity index (χ0v) is 13.9. The number of ether oxygens (including phenoxy) is 1. The second-order valence-electron chi connectivity index (χ2n) is 5.73. The average molecular weight is 322 g/mol. The lowest BCUT2D eigenvalue weighted by Gasteiger charge is -2.12. The summed E-state index contributed by atoms with van der Waals surface area (Å²) in [5.74, 6) is 0.382. The van der Waals surface area contributed by atoms with Crippen molar-refractivity contribution in [3.63, 3.8) is 0 Å². The van der Waals surface area contributed by atoms with Crippen LogP contribution < -0.4 is 4.74 Å². The number of tetrazole rings is 1. The highest BCUT2D eigenvalue weighted by atomic mass is 16.5. The lowest BCUT2D eigenvalue weighted by molar-refractivity contribution is -0.133. The monoisotopic (exact) mass is 322 g/mol. The first kappa shape index (κ1) is 15.9. The Morgan fingerprint density at radius 1 is 1.04 bits per heavy atom. The molecule has 24 heavy (non-hydrogen) atoms. The number of rotatable bonds is 4. The summed E-state index contributed by atoms with van der Waals surface area (Å²) < 4.78 is 7.14. The highest BCUT2D eigenvalue weighted by Gasteiger charge is 2.12. The average Bonchev–Trinajstić information content (AvgIpc) is 3.10. The molecule has 2 aromatic carbocycles. The van der Waals surface area contributed by atoms with Crippen LogP contribution in [0.25, 0.3) is 5.69 Å². The molecule has 0 aliphatic heterocycles. The van der Waals surface area contributed by atoms with Crippen molar-refractivity contribution in [2.45, 2.75) is 27.2 Å². The molecule has 3 rings (SSSR count). The maximum Gasteiger partial charge on any atom is 0.315 e. The Bertz CT molecular complexity index is 855. The lowest BCUT2D eigenvalue weighted by atomic mass is 10.1. The fourth-order valence-corrected chi connectivity index (χ4v) is 2.45. The Morgan fingerprint density at radius 3 is 2.42 bits per heavy atom. The van der Waals surface area contributed by atoms with E-state index in [-0.39, 0.29) is 12.4 Å². The minimum atomic E-state index is -0.276. The van der Waals surface area contributed by atoms with Gasteiger partial charge in [0.05, 0.1) is 12.1 Å². The summed E-state index contributed by atoms with van der Waals surface area (Å²) in [6.07, 6.45) is 1.73. The van der Waals surface area contributed by atoms with Crippen molar-refractivity contribution in [3.8, 4) is 11.4 Å². The Balaban J connectivity index is 1.70. The predicted molar refractivity (Wildman–Crippen MR) is 89.1 cm³/mol. The maximum absolute atomic E-state index is 12.3. The van der Waals surface area contributed by atoms with Gasteiger partial charge in [0.15, 0.2) is 0 Å². The predicted octanol–water partition coefficient (Wildman–Crippen LogP) is 2.74. The van der Waals surface area contributed by atoms with Crippen LogP contribution in [-0.4, -0.2) is 26.2 Å². The number of benzene rings is 2. The van der Waals surface area contributed by atoms with Crippen molar-refractivity contribution >= 4 is 5.97 Å². The molecule has 0 N–H and O–H groups in total. The van der Waals surface area contributed by atoms with Crippen LogP contribution in [0.15, 0.2) is 42.7 Å². The normalized spacial score (nSPS) is 10.6. The van der Waals surface area contributed by atoms with Crippen molar-refractivity contribution in [3.05, 3.63) is 65.0 Å². The SMILES string of the molecule is Cc1ccc(C)c(OC(=O)Cc2ccc(-n3cnnn3)cc2)c1C. The number of hydrogen-bond donors (Lipinski definition) is 0. The van der Waals surface area contributed by atoms with Crippen LogP contribution in [0, 0.1) is 20.8 Å². The molecule has 0 saturated carbocycles. The Morgan fingerprint density at radius 2 is 1.75 bits per heavy atom. The standard InChI is InChI=1S/C18H18N4O2/c1-12-4-5-13(2)18(14(12)3)24-17(23)10-15-6-8-16(9-7-15)22-11-19-20-21-22/h4-9,11H,10H2,1-3H3. The van der Waals surface area contributed by atoms with E-state index in [1.807, 2.05) is 57.2 Å². The number of carbonyl (C=O) groups is 1. The van der Waals surface area contributed by atoms with Crippen LogP contribution in [-0.2, 0) is 11.2 Å². The molecule has 0 aliphatic carbocycles. The first-order valence-corrected chi connectivity index (χ1v) is 7.64. The molecule has 0 amide bonds. The molecule has 122 valence electrons. The van der Waals surface area contributed by atoms with Crippen molar-refractivity contribution in [2.75, 3.05) is 0 Å². The third-order valence-corrected chi connectivity index (χ3v) is 3.99. The third kappa shape index (κ3) is 3.32. The number of hydrogen-bond acceptors (Lipinski definition) is 5. The molecule has 3 aromatic rings. The van der Waals surface area contributed by atoms with Gasteiger partial charge in [0.1, 0.15) is 12.1 Å². The van der Waals surface area contributed by atoms with Crippen molar-refractivity contribution in [1.29, 1.82) is 0 Å². The fourth-order valence-electron chi connectivity index (χ4n) is 2.45. The summed E-state index contributed by atoms with van der Waals surface area (Å²) in [5, 5.41) is 11.0. The molecule has 0 radical (unpaired) electrons. The summed E-state index contributed by atoms with van der Waals surface area (Å²) in [7, 11) is 0. The van der Waals surface area contributed by atoms with Gasteiger partial charge in [-0.3, -0.25) is 4.79 Å². The van der Waals surface area contributed by atoms with Crippen LogP contribution >= 0.6 is 0 Å². The van der Waals surface area contributed by atoms with Crippen molar-refractivity contribution in [1.82, 2.24) is 20.2 Å². The highest BCUT2D eigenvalue weighted by molar-refractivity contribution is 5.76. The van der Waals surface area contributed by atoms with Crippen LogP contribution in [0.1, 0.15) is 22.3 Å². The number of nitrogens with zero attached hydrogens (tertiary/aromatic N) is 4. The van der Waals surface area contributed by atoms with Gasteiger partial charge < -0.3 is 4.74 Å². The van der Waals surface area contributed by atoms with E-state index < -0.39 is 0 Å². The highest BCUT2D eigenvalue weighted by Crippen LogP contribution is 2.26. The molecular weight excluding hydrogens is 304 g/mol. The molecule has 1 aromatic heterocycles. The van der Waals surface area contributed by atoms with Crippen LogP contribution in [0.2, 0.25) is 0 Å². The van der Waals surface area contributed by atoms with Crippen molar-refractivity contribution in [2.24, 2.45) is 0 Å². The van der Waals surface area contributed by atoms with E-state index in [4.69, 9.17) is 4.74 Å². The molecule has 0 fully saturated rings. The summed E-state index contributed by atoms with van der Waals surface area (Å²) in [6, 6.07) is 11.5. The number of aryl methyl sites for hydroxylation is 2. The van der Waals surface area contributed by atoms with E-state index in [1.54, 1.807) is 4.68 Å². The third-order valence-electron chi connectivity index (χ3n) is 3.99. The Hall–Kier alpha value is -3.02. The van der Waals surface area contributed by atoms with Gasteiger partial charge in [0, 0.05) is 0 Å². The lowest BCUT2D eigenvalue weighted by Crippen LogP contribution is -2.13. The number of esters is 1. The van der Waals surface area contributed by atoms with Gasteiger partial charge in [0.2, 0.25) is 0 Å². The van der Waals surface area contributed by atoms with Gasteiger partial charge in [-0.25, -0.2) is 4.68 Å². The van der Waals surface area contributed by atoms with E-state index in [1.165, 1.54) is 6.33 Å². The first-order valence-electron chi connectivity index (χ1n) is 7.64. The second kappa shape index (κ2) is 6.62. The summed E-state index contributed by atoms with van der Waals surface area (Å²) in [6.45, 7) is 5.91. The van der Waals surface area contributed by atoms with Gasteiger partial charge in [0.25, 0.3) is 0 Å². The number of aromatic nitrogens is 4. The minimum Gasteiger partial charge on any atom is -0.426 e. The molecule has 6 nitrogen and oxygen atoms in total. The fraction of sp³-hybridized carbons (Fsp3) is 0.222. The van der Waals surface area contributed by atoms with E-state index in [0.29, 0.717) is 5.75 Å². The smallest absolute Gasteiger partial charge is 0.315 e. The van der Waals surface area contributed by atoms with Gasteiger partial charge in [-0.2, -0.15) is 0 Å². The summed E-state index contributed by atoms with van der Waals surface area (Å²) in [4.78, 5) is 12.3. The molecule has 0 saturated heterocycles. The quantitative estimate of drug-likeness (QED) is 0.545. The van der Waals surface area contributed by atoms with E-state index >= 15 is 0 Å². The van der Waals surface area contributed by atoms with Gasteiger partial charge >= 0.3 is 5.97 Å². The number of carbonyl (C=O) groups excluding carboxylic acids is 1. The van der Waals surface area contributed by atoms with Crippen LogP contribution in [0.4, 0.5) is 0 Å². The first-order chi connectivity index (χ1) is 11.5. The van der Waals surface area contributed by atoms with Crippen molar-refractivity contribution < 1.29 is 9.53 Å². The molecular formula is C18H18N4O2. The van der Waals surface area contributed by atoms with Crippen LogP contribution in [0.3, 0.4) is 0 Å². The van der Waals surface area contributed by atoms with E-state index in [2.05, 4.69) is 15.5 Å². The molecule has 6 heteroatoms. The van der Waals surface area contributed by atoms with Crippen LogP contribution in [0.5, 0.6) is 5.75 Å². The van der Waals surface area contributed by atoms with Gasteiger partial charge in [-0.1, -0.05) is 24.3 Å². The topological polar surface area (TPSA) is 69.9 Å². The van der Waals surface area contributed by atoms with E-state index in [0.717, 1.165) is 27.9 Å².